The number of hydrogen-bond acceptors (Lipinski definition) is 5. The van der Waals surface area contributed by atoms with Gasteiger partial charge in [0, 0.05) is 43.9 Å². The predicted molar refractivity (Wildman–Crippen MR) is 110 cm³/mol. The Morgan fingerprint density at radius 1 is 1.17 bits per heavy atom. The van der Waals surface area contributed by atoms with E-state index in [9.17, 15) is 24.1 Å². The summed E-state index contributed by atoms with van der Waals surface area (Å²) in [5.41, 5.74) is 0.919. The molecule has 2 amide bonds. The minimum absolute atomic E-state index is 0.0818. The Morgan fingerprint density at radius 2 is 1.87 bits per heavy atom. The maximum Gasteiger partial charge on any atom is 0.271 e. The van der Waals surface area contributed by atoms with E-state index < -0.39 is 10.7 Å². The topological polar surface area (TPSA) is 95.8 Å². The summed E-state index contributed by atoms with van der Waals surface area (Å²) in [7, 11) is 0. The van der Waals surface area contributed by atoms with E-state index in [1.54, 1.807) is 24.0 Å². The highest BCUT2D eigenvalue weighted by molar-refractivity contribution is 6.34. The van der Waals surface area contributed by atoms with E-state index in [2.05, 4.69) is 5.32 Å². The van der Waals surface area contributed by atoms with Crippen molar-refractivity contribution >= 4 is 34.8 Å². The lowest BCUT2D eigenvalue weighted by Crippen LogP contribution is -2.50. The van der Waals surface area contributed by atoms with Gasteiger partial charge < -0.3 is 10.2 Å². The van der Waals surface area contributed by atoms with Crippen molar-refractivity contribution in [2.24, 2.45) is 0 Å². The van der Waals surface area contributed by atoms with E-state index in [4.69, 9.17) is 11.6 Å². The molecule has 1 fully saturated rings. The van der Waals surface area contributed by atoms with Gasteiger partial charge in [-0.2, -0.15) is 0 Å². The van der Waals surface area contributed by atoms with Crippen molar-refractivity contribution in [3.05, 3.63) is 68.5 Å². The van der Waals surface area contributed by atoms with Crippen molar-refractivity contribution in [3.63, 3.8) is 0 Å². The maximum atomic E-state index is 13.7. The Balaban J connectivity index is 1.51. The minimum Gasteiger partial charge on any atom is -0.336 e. The molecule has 0 saturated carbocycles. The molecule has 0 aromatic heterocycles. The zero-order valence-electron chi connectivity index (χ0n) is 16.2. The van der Waals surface area contributed by atoms with Crippen LogP contribution < -0.4 is 5.32 Å². The first-order valence-corrected chi connectivity index (χ1v) is 9.64. The molecule has 0 unspecified atom stereocenters. The molecule has 1 aliphatic rings. The summed E-state index contributed by atoms with van der Waals surface area (Å²) in [5, 5.41) is 13.5. The molecule has 158 valence electrons. The standard InChI is InChI=1S/C20H20ClFN4O4/c1-13-2-3-14(10-17(13)22)20(28)25-8-6-24(7-9-25)12-19(27)23-18-5-4-15(26(29)30)11-16(18)21/h2-5,10-11H,6-9,12H2,1H3,(H,23,27). The molecule has 1 aliphatic heterocycles. The van der Waals surface area contributed by atoms with Crippen molar-refractivity contribution in [2.45, 2.75) is 6.92 Å². The van der Waals surface area contributed by atoms with Crippen LogP contribution in [-0.4, -0.2) is 59.3 Å². The van der Waals surface area contributed by atoms with Gasteiger partial charge in [-0.3, -0.25) is 24.6 Å². The Morgan fingerprint density at radius 3 is 2.47 bits per heavy atom. The van der Waals surface area contributed by atoms with Crippen molar-refractivity contribution in [1.82, 2.24) is 9.80 Å². The number of nitro benzene ring substituents is 1. The lowest BCUT2D eigenvalue weighted by atomic mass is 10.1. The van der Waals surface area contributed by atoms with Crippen molar-refractivity contribution in [2.75, 3.05) is 38.0 Å². The fourth-order valence-electron chi connectivity index (χ4n) is 3.13. The first-order chi connectivity index (χ1) is 14.2. The maximum absolute atomic E-state index is 13.7. The van der Waals surface area contributed by atoms with Gasteiger partial charge >= 0.3 is 0 Å². The normalized spacial score (nSPS) is 14.4. The third kappa shape index (κ3) is 5.11. The number of halogens is 2. The molecule has 1 saturated heterocycles. The molecular weight excluding hydrogens is 415 g/mol. The van der Waals surface area contributed by atoms with E-state index in [1.807, 2.05) is 4.90 Å². The number of nitro groups is 1. The van der Waals surface area contributed by atoms with Gasteiger partial charge in [-0.25, -0.2) is 4.39 Å². The smallest absolute Gasteiger partial charge is 0.271 e. The van der Waals surface area contributed by atoms with Gasteiger partial charge in [0.2, 0.25) is 5.91 Å². The number of amides is 2. The van der Waals surface area contributed by atoms with Crippen LogP contribution in [0.1, 0.15) is 15.9 Å². The largest absolute Gasteiger partial charge is 0.336 e. The monoisotopic (exact) mass is 434 g/mol. The fourth-order valence-corrected chi connectivity index (χ4v) is 3.35. The number of benzene rings is 2. The van der Waals surface area contributed by atoms with Crippen LogP contribution in [0.5, 0.6) is 0 Å². The van der Waals surface area contributed by atoms with Crippen LogP contribution in [-0.2, 0) is 4.79 Å². The third-order valence-corrected chi connectivity index (χ3v) is 5.20. The van der Waals surface area contributed by atoms with Crippen molar-refractivity contribution in [3.8, 4) is 0 Å². The van der Waals surface area contributed by atoms with Crippen LogP contribution >= 0.6 is 11.6 Å². The number of non-ortho nitro benzene ring substituents is 1. The average Bonchev–Trinajstić information content (AvgIpc) is 2.71. The molecule has 2 aromatic rings. The van der Waals surface area contributed by atoms with Crippen LogP contribution in [0.4, 0.5) is 15.8 Å². The summed E-state index contributed by atoms with van der Waals surface area (Å²) in [6, 6.07) is 8.25. The zero-order valence-corrected chi connectivity index (χ0v) is 17.0. The molecule has 3 rings (SSSR count). The number of nitrogens with zero attached hydrogens (tertiary/aromatic N) is 3. The second kappa shape index (κ2) is 9.19. The molecular formula is C20H20ClFN4O4. The van der Waals surface area contributed by atoms with Gasteiger partial charge in [-0.15, -0.1) is 0 Å². The zero-order chi connectivity index (χ0) is 21.8. The summed E-state index contributed by atoms with van der Waals surface area (Å²) < 4.78 is 13.7. The van der Waals surface area contributed by atoms with Gasteiger partial charge in [-0.05, 0) is 30.7 Å². The Hall–Kier alpha value is -3.04. The second-order valence-electron chi connectivity index (χ2n) is 7.00. The molecule has 2 aromatic carbocycles. The van der Waals surface area contributed by atoms with Crippen molar-refractivity contribution < 1.29 is 18.9 Å². The average molecular weight is 435 g/mol. The minimum atomic E-state index is -0.566. The molecule has 1 heterocycles. The van der Waals surface area contributed by atoms with E-state index in [1.165, 1.54) is 24.3 Å². The predicted octanol–water partition coefficient (Wildman–Crippen LogP) is 3.09. The number of piperazine rings is 1. The third-order valence-electron chi connectivity index (χ3n) is 4.88. The molecule has 1 N–H and O–H groups in total. The van der Waals surface area contributed by atoms with E-state index in [0.29, 0.717) is 43.0 Å². The van der Waals surface area contributed by atoms with Crippen LogP contribution in [0.3, 0.4) is 0 Å². The summed E-state index contributed by atoms with van der Waals surface area (Å²) in [6.45, 7) is 3.54. The molecule has 10 heteroatoms. The SMILES string of the molecule is Cc1ccc(C(=O)N2CCN(CC(=O)Nc3ccc([N+](=O)[O-])cc3Cl)CC2)cc1F. The lowest BCUT2D eigenvalue weighted by Gasteiger charge is -2.34. The molecule has 30 heavy (non-hydrogen) atoms. The summed E-state index contributed by atoms with van der Waals surface area (Å²) in [5.74, 6) is -0.970. The molecule has 0 atom stereocenters. The summed E-state index contributed by atoms with van der Waals surface area (Å²) >= 11 is 5.99. The highest BCUT2D eigenvalue weighted by Gasteiger charge is 2.24. The quantitative estimate of drug-likeness (QED) is 0.576. The number of anilines is 1. The highest BCUT2D eigenvalue weighted by Crippen LogP contribution is 2.26. The van der Waals surface area contributed by atoms with Gasteiger partial charge in [0.05, 0.1) is 22.2 Å². The molecule has 0 spiro atoms. The first-order valence-electron chi connectivity index (χ1n) is 9.26. The highest BCUT2D eigenvalue weighted by atomic mass is 35.5. The van der Waals surface area contributed by atoms with Gasteiger partial charge in [0.25, 0.3) is 11.6 Å². The Bertz CT molecular complexity index is 993. The second-order valence-corrected chi connectivity index (χ2v) is 7.41. The Kier molecular flexibility index (Phi) is 6.63. The number of rotatable bonds is 5. The fraction of sp³-hybridized carbons (Fsp3) is 0.300. The summed E-state index contributed by atoms with van der Waals surface area (Å²) in [4.78, 5) is 38.5. The number of nitrogens with one attached hydrogen (secondary N) is 1. The van der Waals surface area contributed by atoms with E-state index in [-0.39, 0.29) is 29.1 Å². The first kappa shape index (κ1) is 21.7. The summed E-state index contributed by atoms with van der Waals surface area (Å²) in [6.07, 6.45) is 0. The number of aryl methyl sites for hydroxylation is 1. The van der Waals surface area contributed by atoms with Gasteiger partial charge in [0.1, 0.15) is 5.82 Å². The lowest BCUT2D eigenvalue weighted by molar-refractivity contribution is -0.384. The Labute approximate surface area is 177 Å². The number of hydrogen-bond donors (Lipinski definition) is 1. The number of carbonyl (C=O) groups is 2. The molecule has 8 nitrogen and oxygen atoms in total. The number of carbonyl (C=O) groups excluding carboxylic acids is 2. The molecule has 0 aliphatic carbocycles. The van der Waals surface area contributed by atoms with Crippen LogP contribution in [0.2, 0.25) is 5.02 Å². The van der Waals surface area contributed by atoms with Gasteiger partial charge in [0.15, 0.2) is 0 Å². The van der Waals surface area contributed by atoms with Crippen LogP contribution in [0.25, 0.3) is 0 Å². The van der Waals surface area contributed by atoms with Crippen molar-refractivity contribution in [1.29, 1.82) is 0 Å². The molecule has 0 bridgehead atoms. The van der Waals surface area contributed by atoms with Gasteiger partial charge in [-0.1, -0.05) is 17.7 Å². The molecule has 0 radical (unpaired) electrons. The van der Waals surface area contributed by atoms with E-state index in [0.717, 1.165) is 0 Å². The van der Waals surface area contributed by atoms with Crippen LogP contribution in [0.15, 0.2) is 36.4 Å². The van der Waals surface area contributed by atoms with E-state index >= 15 is 0 Å². The van der Waals surface area contributed by atoms with Crippen LogP contribution in [0, 0.1) is 22.9 Å².